The summed E-state index contributed by atoms with van der Waals surface area (Å²) < 4.78 is 0. The van der Waals surface area contributed by atoms with Crippen molar-refractivity contribution in [2.45, 2.75) is 29.4 Å². The number of rotatable bonds is 7. The van der Waals surface area contributed by atoms with Gasteiger partial charge >= 0.3 is 0 Å². The highest BCUT2D eigenvalue weighted by molar-refractivity contribution is 6.38. The Labute approximate surface area is 254 Å². The normalized spacial score (nSPS) is 23.5. The maximum absolute atomic E-state index is 12.9. The maximum Gasteiger partial charge on any atom is 0.248 e. The van der Waals surface area contributed by atoms with Crippen LogP contribution in [0.4, 0.5) is 11.4 Å². The third-order valence-corrected chi connectivity index (χ3v) is 9.07. The Morgan fingerprint density at radius 1 is 0.667 bits per heavy atom. The van der Waals surface area contributed by atoms with Crippen molar-refractivity contribution in [3.8, 4) is 0 Å². The summed E-state index contributed by atoms with van der Waals surface area (Å²) in [5, 5.41) is -1.16. The lowest BCUT2D eigenvalue weighted by molar-refractivity contribution is -0.124. The highest BCUT2D eigenvalue weighted by Crippen LogP contribution is 2.43. The summed E-state index contributed by atoms with van der Waals surface area (Å²) in [5.41, 5.74) is 5.69. The minimum absolute atomic E-state index is 0.0866. The van der Waals surface area contributed by atoms with Gasteiger partial charge in [0.15, 0.2) is 0 Å². The molecular formula is C34H28Cl2N4O2. The molecule has 4 aromatic carbocycles. The van der Waals surface area contributed by atoms with Gasteiger partial charge in [0, 0.05) is 30.0 Å². The number of hydrogen-bond donors (Lipinski definition) is 0. The zero-order chi connectivity index (χ0) is 28.8. The standard InChI is InChI=1S/C34H28Cl2N4O2/c35-28-30(23-10-3-1-4-11-23)39(33(28)41)26-15-7-9-22(19-26)21-38-18-17-37-32(38)25-14-8-16-27(20-25)40-31(29(36)34(40)42)24-12-5-2-6-13-24/h1-16,19-20,28-31H,17-18,21H2. The molecule has 0 spiro atoms. The van der Waals surface area contributed by atoms with Crippen molar-refractivity contribution in [1.82, 2.24) is 4.90 Å². The van der Waals surface area contributed by atoms with Crippen LogP contribution in [0.3, 0.4) is 0 Å². The summed E-state index contributed by atoms with van der Waals surface area (Å²) in [6.45, 7) is 2.10. The summed E-state index contributed by atoms with van der Waals surface area (Å²) in [5.74, 6) is 0.701. The van der Waals surface area contributed by atoms with Crippen LogP contribution in [0.2, 0.25) is 0 Å². The van der Waals surface area contributed by atoms with Gasteiger partial charge in [-0.3, -0.25) is 14.6 Å². The Bertz CT molecular complexity index is 1680. The molecule has 2 amide bonds. The molecule has 0 radical (unpaired) electrons. The molecule has 7 rings (SSSR count). The van der Waals surface area contributed by atoms with E-state index in [1.54, 1.807) is 9.80 Å². The Balaban J connectivity index is 1.11. The zero-order valence-electron chi connectivity index (χ0n) is 22.7. The van der Waals surface area contributed by atoms with Crippen LogP contribution in [0, 0.1) is 0 Å². The second kappa shape index (κ2) is 10.9. The average molecular weight is 596 g/mol. The monoisotopic (exact) mass is 594 g/mol. The fourth-order valence-electron chi connectivity index (χ4n) is 6.15. The minimum atomic E-state index is -0.586. The minimum Gasteiger partial charge on any atom is -0.350 e. The van der Waals surface area contributed by atoms with Gasteiger partial charge in [-0.2, -0.15) is 0 Å². The summed E-state index contributed by atoms with van der Waals surface area (Å²) in [7, 11) is 0. The zero-order valence-corrected chi connectivity index (χ0v) is 24.2. The van der Waals surface area contributed by atoms with E-state index in [0.717, 1.165) is 46.0 Å². The first-order valence-electron chi connectivity index (χ1n) is 14.0. The highest BCUT2D eigenvalue weighted by atomic mass is 35.5. The number of β-lactam (4-membered cyclic amide) rings is 2. The van der Waals surface area contributed by atoms with Gasteiger partial charge < -0.3 is 14.7 Å². The lowest BCUT2D eigenvalue weighted by Gasteiger charge is -2.44. The largest absolute Gasteiger partial charge is 0.350 e. The molecule has 2 fully saturated rings. The lowest BCUT2D eigenvalue weighted by atomic mass is 9.92. The van der Waals surface area contributed by atoms with E-state index in [1.807, 2.05) is 97.1 Å². The molecule has 0 saturated carbocycles. The fraction of sp³-hybridized carbons (Fsp3) is 0.206. The van der Waals surface area contributed by atoms with Crippen molar-refractivity contribution in [3.05, 3.63) is 131 Å². The first-order valence-corrected chi connectivity index (χ1v) is 14.9. The van der Waals surface area contributed by atoms with Crippen molar-refractivity contribution in [1.29, 1.82) is 0 Å². The van der Waals surface area contributed by atoms with Gasteiger partial charge in [0.25, 0.3) is 0 Å². The van der Waals surface area contributed by atoms with Crippen LogP contribution < -0.4 is 9.80 Å². The molecule has 0 aromatic heterocycles. The van der Waals surface area contributed by atoms with Crippen LogP contribution in [-0.2, 0) is 16.1 Å². The number of amides is 2. The third kappa shape index (κ3) is 4.55. The van der Waals surface area contributed by atoms with Crippen LogP contribution in [-0.4, -0.2) is 46.4 Å². The number of hydrogen-bond acceptors (Lipinski definition) is 4. The molecular weight excluding hydrogens is 567 g/mol. The molecule has 3 aliphatic rings. The quantitative estimate of drug-likeness (QED) is 0.185. The number of halogens is 2. The van der Waals surface area contributed by atoms with Crippen LogP contribution >= 0.6 is 23.2 Å². The molecule has 0 aliphatic carbocycles. The van der Waals surface area contributed by atoms with Gasteiger partial charge in [0.1, 0.15) is 16.6 Å². The molecule has 4 atom stereocenters. The molecule has 3 aliphatic heterocycles. The number of carbonyl (C=O) groups is 2. The van der Waals surface area contributed by atoms with E-state index in [-0.39, 0.29) is 23.9 Å². The second-order valence-electron chi connectivity index (χ2n) is 10.8. The molecule has 6 nitrogen and oxygen atoms in total. The Hall–Kier alpha value is -4.13. The van der Waals surface area contributed by atoms with Crippen LogP contribution in [0.15, 0.2) is 114 Å². The van der Waals surface area contributed by atoms with E-state index in [1.165, 1.54) is 0 Å². The maximum atomic E-state index is 12.9. The van der Waals surface area contributed by atoms with E-state index in [2.05, 4.69) is 17.0 Å². The summed E-state index contributed by atoms with van der Waals surface area (Å²) in [4.78, 5) is 36.3. The lowest BCUT2D eigenvalue weighted by Crippen LogP contribution is -2.56. The Kier molecular flexibility index (Phi) is 6.96. The molecule has 4 unspecified atom stereocenters. The summed E-state index contributed by atoms with van der Waals surface area (Å²) >= 11 is 13.0. The predicted molar refractivity (Wildman–Crippen MR) is 167 cm³/mol. The smallest absolute Gasteiger partial charge is 0.248 e. The highest BCUT2D eigenvalue weighted by Gasteiger charge is 2.49. The summed E-state index contributed by atoms with van der Waals surface area (Å²) in [6.07, 6.45) is 0. The molecule has 210 valence electrons. The van der Waals surface area contributed by atoms with Crippen LogP contribution in [0.25, 0.3) is 0 Å². The van der Waals surface area contributed by atoms with E-state index in [0.29, 0.717) is 13.1 Å². The van der Waals surface area contributed by atoms with E-state index in [9.17, 15) is 9.59 Å². The number of aliphatic imine (C=N–C) groups is 1. The Morgan fingerprint density at radius 3 is 1.81 bits per heavy atom. The van der Waals surface area contributed by atoms with Crippen LogP contribution in [0.1, 0.15) is 34.3 Å². The van der Waals surface area contributed by atoms with Gasteiger partial charge in [-0.05, 0) is 41.0 Å². The first kappa shape index (κ1) is 26.7. The topological polar surface area (TPSA) is 56.2 Å². The predicted octanol–water partition coefficient (Wildman–Crippen LogP) is 6.34. The van der Waals surface area contributed by atoms with Crippen molar-refractivity contribution in [2.24, 2.45) is 4.99 Å². The SMILES string of the molecule is O=C1C(Cl)C(c2ccccc2)N1c1cccc(CN2CCN=C2c2cccc(N3C(=O)C(Cl)C3c3ccccc3)c2)c1. The van der Waals surface area contributed by atoms with Crippen molar-refractivity contribution in [3.63, 3.8) is 0 Å². The van der Waals surface area contributed by atoms with Crippen molar-refractivity contribution >= 4 is 52.2 Å². The molecule has 42 heavy (non-hydrogen) atoms. The number of nitrogens with zero attached hydrogens (tertiary/aromatic N) is 4. The van der Waals surface area contributed by atoms with E-state index in [4.69, 9.17) is 28.2 Å². The second-order valence-corrected chi connectivity index (χ2v) is 11.7. The van der Waals surface area contributed by atoms with Gasteiger partial charge in [-0.25, -0.2) is 0 Å². The van der Waals surface area contributed by atoms with E-state index < -0.39 is 10.8 Å². The fourth-order valence-corrected chi connectivity index (χ4v) is 6.88. The molecule has 8 heteroatoms. The number of anilines is 2. The number of alkyl halides is 2. The average Bonchev–Trinajstić information content (AvgIpc) is 3.50. The van der Waals surface area contributed by atoms with Gasteiger partial charge in [-0.1, -0.05) is 84.9 Å². The molecule has 0 N–H and O–H groups in total. The summed E-state index contributed by atoms with van der Waals surface area (Å²) in [6, 6.07) is 35.4. The first-order chi connectivity index (χ1) is 20.5. The number of carbonyl (C=O) groups excluding carboxylic acids is 2. The van der Waals surface area contributed by atoms with Crippen molar-refractivity contribution in [2.75, 3.05) is 22.9 Å². The van der Waals surface area contributed by atoms with Crippen molar-refractivity contribution < 1.29 is 9.59 Å². The third-order valence-electron chi connectivity index (χ3n) is 8.22. The van der Waals surface area contributed by atoms with Gasteiger partial charge in [0.05, 0.1) is 18.6 Å². The van der Waals surface area contributed by atoms with Gasteiger partial charge in [0.2, 0.25) is 11.8 Å². The van der Waals surface area contributed by atoms with E-state index >= 15 is 0 Å². The molecule has 0 bridgehead atoms. The Morgan fingerprint density at radius 2 is 1.21 bits per heavy atom. The molecule has 3 heterocycles. The number of amidine groups is 1. The van der Waals surface area contributed by atoms with Crippen LogP contribution in [0.5, 0.6) is 0 Å². The molecule has 4 aromatic rings. The number of benzene rings is 4. The van der Waals surface area contributed by atoms with Gasteiger partial charge in [-0.15, -0.1) is 23.2 Å². The molecule has 2 saturated heterocycles.